The van der Waals surface area contributed by atoms with Crippen molar-refractivity contribution in [3.8, 4) is 0 Å². The Hall–Kier alpha value is -1.40. The number of quaternary nitrogens is 1. The lowest BCUT2D eigenvalue weighted by Crippen LogP contribution is -2.36. The van der Waals surface area contributed by atoms with E-state index < -0.39 is 6.10 Å². The smallest absolute Gasteiger partial charge is 0.306 e. The van der Waals surface area contributed by atoms with E-state index in [0.717, 1.165) is 51.3 Å². The Bertz CT molecular complexity index is 874. The lowest BCUT2D eigenvalue weighted by atomic mass is 10.0. The molecule has 1 aromatic heterocycles. The number of esters is 2. The molecule has 2 N–H and O–H groups in total. The fraction of sp³-hybridized carbons (Fsp3) is 0.875. The number of ether oxygens (including phenoxy) is 2. The molecule has 0 bridgehead atoms. The Morgan fingerprint density at radius 1 is 0.518 bits per heavy atom. The van der Waals surface area contributed by atoms with Gasteiger partial charge < -0.3 is 24.2 Å². The summed E-state index contributed by atoms with van der Waals surface area (Å²) in [5.41, 5.74) is 0. The average Bonchev–Trinajstić information content (AvgIpc) is 3.77. The van der Waals surface area contributed by atoms with Gasteiger partial charge in [-0.25, -0.2) is 0 Å². The molecule has 1 rings (SSSR count). The first-order valence-electron chi connectivity index (χ1n) is 23.6. The number of unbranched alkanes of at least 4 members (excludes halogenated alkanes) is 28. The SMILES string of the molecule is CCCCCCCCCCCCCCCCCC(=O)OC[C@H](CO)OC(=O)CCCCCCCCCCCCCCCCC.C[N+](C)(C)CCO.c1cc[pH]c1. The van der Waals surface area contributed by atoms with Crippen molar-refractivity contribution in [2.45, 2.75) is 225 Å². The van der Waals surface area contributed by atoms with Gasteiger partial charge in [0.05, 0.1) is 34.4 Å². The standard InChI is InChI=1S/C39H76O5.C5H14NO.C4H5P/c1-3-5-7-9-11-13-15-17-19-21-23-25-27-29-31-33-38(41)43-36-37(35-40)44-39(42)34-32-30-28-26-24-22-20-18-16-14-12-10-8-6-4-2;1-6(2,3)4-5-7;1-2-4-5-3-1/h37,40H,3-36H2,1-2H3;7H,4-5H2,1-3H3;1-5H/q;+1;/t37-;;/m0../s1. The monoisotopic (exact) mass is 813 g/mol. The number of hydrogen-bond donors (Lipinski definition) is 2. The highest BCUT2D eigenvalue weighted by Crippen LogP contribution is 2.16. The Labute approximate surface area is 349 Å². The predicted molar refractivity (Wildman–Crippen MR) is 243 cm³/mol. The van der Waals surface area contributed by atoms with Gasteiger partial charge in [-0.15, -0.1) is 8.19 Å². The summed E-state index contributed by atoms with van der Waals surface area (Å²) in [7, 11) is 7.10. The first-order valence-corrected chi connectivity index (χ1v) is 24.8. The van der Waals surface area contributed by atoms with Gasteiger partial charge in [0.15, 0.2) is 6.10 Å². The Morgan fingerprint density at radius 2 is 0.839 bits per heavy atom. The normalized spacial score (nSPS) is 11.6. The van der Waals surface area contributed by atoms with Crippen molar-refractivity contribution in [1.82, 2.24) is 0 Å². The van der Waals surface area contributed by atoms with Crippen LogP contribution in [0.2, 0.25) is 0 Å². The van der Waals surface area contributed by atoms with Crippen LogP contribution in [0.25, 0.3) is 0 Å². The van der Waals surface area contributed by atoms with Crippen molar-refractivity contribution >= 4 is 20.1 Å². The molecular weight excluding hydrogens is 718 g/mol. The molecule has 0 aliphatic carbocycles. The van der Waals surface area contributed by atoms with Gasteiger partial charge in [0.25, 0.3) is 0 Å². The molecule has 0 aliphatic heterocycles. The van der Waals surface area contributed by atoms with E-state index in [1.165, 1.54) is 161 Å². The molecule has 0 saturated heterocycles. The lowest BCUT2D eigenvalue weighted by Gasteiger charge is -2.21. The van der Waals surface area contributed by atoms with Gasteiger partial charge in [-0.1, -0.05) is 206 Å². The second-order valence-electron chi connectivity index (χ2n) is 17.0. The van der Waals surface area contributed by atoms with Crippen LogP contribution in [-0.2, 0) is 19.1 Å². The van der Waals surface area contributed by atoms with Gasteiger partial charge in [-0.3, -0.25) is 9.59 Å². The maximum absolute atomic E-state index is 12.1. The van der Waals surface area contributed by atoms with E-state index in [1.54, 1.807) is 0 Å². The maximum atomic E-state index is 12.1. The van der Waals surface area contributed by atoms with Crippen molar-refractivity contribution in [3.05, 3.63) is 23.7 Å². The first kappa shape index (κ1) is 56.7. The number of nitrogens with zero attached hydrogens (tertiary/aromatic N) is 1. The van der Waals surface area contributed by atoms with E-state index >= 15 is 0 Å². The third-order valence-electron chi connectivity index (χ3n) is 10.2. The van der Waals surface area contributed by atoms with Crippen LogP contribution in [0.3, 0.4) is 0 Å². The summed E-state index contributed by atoms with van der Waals surface area (Å²) in [6, 6.07) is 4.14. The number of aliphatic hydroxyl groups is 2. The molecule has 1 heterocycles. The van der Waals surface area contributed by atoms with Crippen LogP contribution in [0, 0.1) is 0 Å². The third-order valence-corrected chi connectivity index (χ3v) is 10.9. The molecule has 56 heavy (non-hydrogen) atoms. The fourth-order valence-corrected chi connectivity index (χ4v) is 7.04. The maximum Gasteiger partial charge on any atom is 0.306 e. The van der Waals surface area contributed by atoms with Crippen molar-refractivity contribution in [2.24, 2.45) is 0 Å². The van der Waals surface area contributed by atoms with E-state index in [2.05, 4.69) is 58.7 Å². The quantitative estimate of drug-likeness (QED) is 0.0392. The summed E-state index contributed by atoms with van der Waals surface area (Å²) < 4.78 is 11.4. The van der Waals surface area contributed by atoms with Crippen LogP contribution in [0.1, 0.15) is 219 Å². The summed E-state index contributed by atoms with van der Waals surface area (Å²) in [5.74, 6) is 3.73. The van der Waals surface area contributed by atoms with Crippen LogP contribution < -0.4 is 0 Å². The second-order valence-corrected chi connectivity index (χ2v) is 18.0. The molecule has 0 aromatic carbocycles. The number of carbonyl (C=O) groups excluding carboxylic acids is 2. The summed E-state index contributed by atoms with van der Waals surface area (Å²) in [6.07, 6.45) is 38.7. The van der Waals surface area contributed by atoms with Gasteiger partial charge in [-0.05, 0) is 24.4 Å². The molecule has 7 nitrogen and oxygen atoms in total. The second kappa shape index (κ2) is 46.3. The lowest BCUT2D eigenvalue weighted by molar-refractivity contribution is -0.870. The zero-order valence-electron chi connectivity index (χ0n) is 37.8. The van der Waals surface area contributed by atoms with E-state index in [9.17, 15) is 14.7 Å². The number of hydrogen-bond acceptors (Lipinski definition) is 6. The molecule has 1 atom stereocenters. The molecule has 8 heteroatoms. The number of aliphatic hydroxyl groups excluding tert-OH is 2. The Kier molecular flexibility index (Phi) is 46.9. The fourth-order valence-electron chi connectivity index (χ4n) is 6.49. The van der Waals surface area contributed by atoms with Gasteiger partial charge in [0, 0.05) is 12.8 Å². The largest absolute Gasteiger partial charge is 0.462 e. The number of carbonyl (C=O) groups is 2. The minimum absolute atomic E-state index is 0.0569. The van der Waals surface area contributed by atoms with Crippen LogP contribution in [0.15, 0.2) is 23.7 Å². The first-order chi connectivity index (χ1) is 27.2. The van der Waals surface area contributed by atoms with E-state index in [4.69, 9.17) is 14.6 Å². The van der Waals surface area contributed by atoms with Crippen molar-refractivity contribution < 1.29 is 33.8 Å². The van der Waals surface area contributed by atoms with Crippen molar-refractivity contribution in [3.63, 3.8) is 0 Å². The topological polar surface area (TPSA) is 93.1 Å². The van der Waals surface area contributed by atoms with Crippen molar-refractivity contribution in [2.75, 3.05) is 47.5 Å². The van der Waals surface area contributed by atoms with Gasteiger partial charge >= 0.3 is 11.9 Å². The van der Waals surface area contributed by atoms with Crippen LogP contribution in [-0.4, -0.2) is 80.2 Å². The summed E-state index contributed by atoms with van der Waals surface area (Å²) >= 11 is 0. The summed E-state index contributed by atoms with van der Waals surface area (Å²) in [4.78, 5) is 24.2. The molecule has 1 aromatic rings. The highest BCUT2D eigenvalue weighted by Gasteiger charge is 2.16. The molecule has 0 unspecified atom stereocenters. The summed E-state index contributed by atoms with van der Waals surface area (Å²) in [6.45, 7) is 5.28. The molecule has 0 fully saturated rings. The van der Waals surface area contributed by atoms with E-state index in [-0.39, 0.29) is 31.8 Å². The minimum atomic E-state index is -0.760. The number of rotatable bonds is 38. The van der Waals surface area contributed by atoms with Crippen molar-refractivity contribution in [1.29, 1.82) is 0 Å². The molecule has 0 aliphatic rings. The molecule has 0 amide bonds. The van der Waals surface area contributed by atoms with Crippen LogP contribution in [0.5, 0.6) is 0 Å². The van der Waals surface area contributed by atoms with Crippen LogP contribution >= 0.6 is 8.19 Å². The molecule has 332 valence electrons. The summed E-state index contributed by atoms with van der Waals surface area (Å²) in [5, 5.41) is 17.9. The molecule has 0 spiro atoms. The highest BCUT2D eigenvalue weighted by molar-refractivity contribution is 7.28. The van der Waals surface area contributed by atoms with Gasteiger partial charge in [0.1, 0.15) is 13.2 Å². The average molecular weight is 813 g/mol. The third kappa shape index (κ3) is 50.6. The highest BCUT2D eigenvalue weighted by atomic mass is 31.0. The zero-order chi connectivity index (χ0) is 41.6. The molecular formula is C48H95NO6P+. The Balaban J connectivity index is 0. The van der Waals surface area contributed by atoms with Gasteiger partial charge in [-0.2, -0.15) is 0 Å². The van der Waals surface area contributed by atoms with E-state index in [0.29, 0.717) is 12.8 Å². The molecule has 0 saturated carbocycles. The molecule has 0 radical (unpaired) electrons. The van der Waals surface area contributed by atoms with Gasteiger partial charge in [0.2, 0.25) is 0 Å². The van der Waals surface area contributed by atoms with E-state index in [1.807, 2.05) is 0 Å². The zero-order valence-corrected chi connectivity index (χ0v) is 38.8. The number of likely N-dealkylation sites (N-methyl/N-ethyl adjacent to an activating group) is 1. The van der Waals surface area contributed by atoms with Crippen LogP contribution in [0.4, 0.5) is 0 Å². The minimum Gasteiger partial charge on any atom is -0.462 e. The Morgan fingerprint density at radius 3 is 1.09 bits per heavy atom. The predicted octanol–water partition coefficient (Wildman–Crippen LogP) is 13.4.